The minimum atomic E-state index is -0.286. The Morgan fingerprint density at radius 3 is 2.42 bits per heavy atom. The number of anilines is 3. The highest BCUT2D eigenvalue weighted by Gasteiger charge is 2.27. The molecule has 1 heterocycles. The highest BCUT2D eigenvalue weighted by molar-refractivity contribution is 6.15. The van der Waals surface area contributed by atoms with Crippen LogP contribution in [0.3, 0.4) is 0 Å². The summed E-state index contributed by atoms with van der Waals surface area (Å²) in [5, 5.41) is 5.51. The maximum Gasteiger partial charge on any atom is 0.258 e. The van der Waals surface area contributed by atoms with E-state index >= 15 is 0 Å². The number of fused-ring (bicyclic) bond motifs is 1. The van der Waals surface area contributed by atoms with Crippen molar-refractivity contribution in [3.05, 3.63) is 90.0 Å². The van der Waals surface area contributed by atoms with E-state index in [0.717, 1.165) is 5.56 Å². The Kier molecular flexibility index (Phi) is 6.05. The first-order chi connectivity index (χ1) is 15.1. The van der Waals surface area contributed by atoms with E-state index in [9.17, 15) is 14.4 Å². The van der Waals surface area contributed by atoms with E-state index in [2.05, 4.69) is 10.6 Å². The number of carbonyl (C=O) groups excluding carboxylic acids is 3. The molecule has 2 N–H and O–H groups in total. The molecule has 1 aliphatic rings. The molecule has 0 fully saturated rings. The Labute approximate surface area is 179 Å². The molecule has 1 aliphatic heterocycles. The lowest BCUT2D eigenvalue weighted by atomic mass is 10.1. The van der Waals surface area contributed by atoms with Crippen molar-refractivity contribution in [2.24, 2.45) is 0 Å². The molecule has 156 valence electrons. The molecule has 0 aromatic heterocycles. The fraction of sp³-hybridized carbons (Fsp3) is 0.125. The van der Waals surface area contributed by atoms with Crippen LogP contribution in [0, 0.1) is 0 Å². The highest BCUT2D eigenvalue weighted by atomic mass is 16.5. The molecule has 0 aliphatic carbocycles. The van der Waals surface area contributed by atoms with E-state index in [4.69, 9.17) is 4.74 Å². The Hall–Kier alpha value is -3.97. The molecule has 7 heteroatoms. The van der Waals surface area contributed by atoms with Gasteiger partial charge in [-0.05, 0) is 42.0 Å². The van der Waals surface area contributed by atoms with Crippen LogP contribution in [0.5, 0.6) is 0 Å². The van der Waals surface area contributed by atoms with Crippen molar-refractivity contribution in [3.8, 4) is 0 Å². The molecular weight excluding hydrogens is 394 g/mol. The number of ether oxygens (including phenoxy) is 1. The molecule has 0 saturated carbocycles. The quantitative estimate of drug-likeness (QED) is 0.646. The van der Waals surface area contributed by atoms with Crippen molar-refractivity contribution in [3.63, 3.8) is 0 Å². The maximum atomic E-state index is 13.0. The Morgan fingerprint density at radius 1 is 0.935 bits per heavy atom. The van der Waals surface area contributed by atoms with Gasteiger partial charge in [0.15, 0.2) is 0 Å². The summed E-state index contributed by atoms with van der Waals surface area (Å²) in [6, 6.07) is 23.3. The zero-order valence-electron chi connectivity index (χ0n) is 16.7. The summed E-state index contributed by atoms with van der Waals surface area (Å²) < 4.78 is 5.43. The molecule has 0 atom stereocenters. The lowest BCUT2D eigenvalue weighted by molar-refractivity contribution is -0.121. The van der Waals surface area contributed by atoms with Gasteiger partial charge in [-0.3, -0.25) is 19.3 Å². The third kappa shape index (κ3) is 4.96. The van der Waals surface area contributed by atoms with Crippen molar-refractivity contribution in [1.29, 1.82) is 0 Å². The molecule has 31 heavy (non-hydrogen) atoms. The normalized spacial score (nSPS) is 12.6. The summed E-state index contributed by atoms with van der Waals surface area (Å²) in [5.41, 5.74) is 3.22. The minimum absolute atomic E-state index is 0.0485. The smallest absolute Gasteiger partial charge is 0.258 e. The largest absolute Gasteiger partial charge is 0.367 e. The molecule has 0 bridgehead atoms. The van der Waals surface area contributed by atoms with Gasteiger partial charge in [-0.25, -0.2) is 0 Å². The van der Waals surface area contributed by atoms with E-state index in [1.54, 1.807) is 42.5 Å². The van der Waals surface area contributed by atoms with Crippen LogP contribution in [-0.2, 0) is 20.9 Å². The van der Waals surface area contributed by atoms with Gasteiger partial charge in [-0.15, -0.1) is 0 Å². The molecule has 0 spiro atoms. The van der Waals surface area contributed by atoms with Gasteiger partial charge >= 0.3 is 0 Å². The fourth-order valence-electron chi connectivity index (χ4n) is 3.30. The predicted molar refractivity (Wildman–Crippen MR) is 118 cm³/mol. The molecule has 3 aromatic carbocycles. The van der Waals surface area contributed by atoms with Gasteiger partial charge in [0.25, 0.3) is 5.91 Å². The Balaban J connectivity index is 1.35. The molecule has 0 radical (unpaired) electrons. The molecule has 3 amide bonds. The molecule has 7 nitrogen and oxygen atoms in total. The molecule has 0 unspecified atom stereocenters. The van der Waals surface area contributed by atoms with Crippen LogP contribution < -0.4 is 15.5 Å². The van der Waals surface area contributed by atoms with Crippen molar-refractivity contribution < 1.29 is 19.1 Å². The number of nitrogens with one attached hydrogen (secondary N) is 2. The van der Waals surface area contributed by atoms with Crippen LogP contribution in [0.1, 0.15) is 15.9 Å². The lowest BCUT2D eigenvalue weighted by Gasteiger charge is -2.29. The van der Waals surface area contributed by atoms with E-state index in [0.29, 0.717) is 29.2 Å². The van der Waals surface area contributed by atoms with Crippen LogP contribution in [0.15, 0.2) is 78.9 Å². The Morgan fingerprint density at radius 2 is 1.65 bits per heavy atom. The third-order valence-electron chi connectivity index (χ3n) is 4.78. The first-order valence-corrected chi connectivity index (χ1v) is 9.82. The molecule has 3 aromatic rings. The van der Waals surface area contributed by atoms with Crippen LogP contribution in [0.2, 0.25) is 0 Å². The molecule has 4 rings (SSSR count). The zero-order chi connectivity index (χ0) is 21.6. The Bertz CT molecular complexity index is 1100. The second-order valence-electron chi connectivity index (χ2n) is 7.06. The average molecular weight is 415 g/mol. The monoisotopic (exact) mass is 415 g/mol. The van der Waals surface area contributed by atoms with Gasteiger partial charge < -0.3 is 15.4 Å². The summed E-state index contributed by atoms with van der Waals surface area (Å²) in [5.74, 6) is -0.811. The summed E-state index contributed by atoms with van der Waals surface area (Å²) >= 11 is 0. The zero-order valence-corrected chi connectivity index (χ0v) is 16.7. The standard InChI is InChI=1S/C24H21N3O4/c28-22-14-27(21-9-5-4-8-20(21)26-22)24(30)18-10-12-19(13-11-18)25-23(29)16-31-15-17-6-2-1-3-7-17/h1-13H,14-16H2,(H,25,29)(H,26,28). The summed E-state index contributed by atoms with van der Waals surface area (Å²) in [7, 11) is 0. The van der Waals surface area contributed by atoms with Crippen molar-refractivity contribution >= 4 is 34.8 Å². The van der Waals surface area contributed by atoms with E-state index < -0.39 is 0 Å². The predicted octanol–water partition coefficient (Wildman–Crippen LogP) is 3.44. The van der Waals surface area contributed by atoms with Crippen LogP contribution in [0.25, 0.3) is 0 Å². The SMILES string of the molecule is O=C(COCc1ccccc1)Nc1ccc(C(=O)N2CC(=O)Nc3ccccc32)cc1. The van der Waals surface area contributed by atoms with Gasteiger partial charge in [0.1, 0.15) is 13.2 Å². The number of hydrogen-bond donors (Lipinski definition) is 2. The molecular formula is C24H21N3O4. The average Bonchev–Trinajstić information content (AvgIpc) is 2.79. The van der Waals surface area contributed by atoms with E-state index in [-0.39, 0.29) is 30.9 Å². The highest BCUT2D eigenvalue weighted by Crippen LogP contribution is 2.30. The summed E-state index contributed by atoms with van der Waals surface area (Å²) in [6.45, 7) is 0.231. The van der Waals surface area contributed by atoms with Gasteiger partial charge in [-0.2, -0.15) is 0 Å². The number of carbonyl (C=O) groups is 3. The van der Waals surface area contributed by atoms with Gasteiger partial charge in [0, 0.05) is 11.3 Å². The number of amides is 3. The third-order valence-corrected chi connectivity index (χ3v) is 4.78. The van der Waals surface area contributed by atoms with Crippen LogP contribution in [-0.4, -0.2) is 30.9 Å². The topological polar surface area (TPSA) is 87.7 Å². The van der Waals surface area contributed by atoms with Crippen LogP contribution >= 0.6 is 0 Å². The van der Waals surface area contributed by atoms with E-state index in [1.807, 2.05) is 36.4 Å². The van der Waals surface area contributed by atoms with Gasteiger partial charge in [0.05, 0.1) is 18.0 Å². The number of para-hydroxylation sites is 2. The van der Waals surface area contributed by atoms with Crippen molar-refractivity contribution in [2.75, 3.05) is 28.7 Å². The summed E-state index contributed by atoms with van der Waals surface area (Å²) in [6.07, 6.45) is 0. The van der Waals surface area contributed by atoms with Crippen LogP contribution in [0.4, 0.5) is 17.1 Å². The molecule has 0 saturated heterocycles. The van der Waals surface area contributed by atoms with Gasteiger partial charge in [0.2, 0.25) is 11.8 Å². The first kappa shape index (κ1) is 20.3. The number of hydrogen-bond acceptors (Lipinski definition) is 4. The first-order valence-electron chi connectivity index (χ1n) is 9.82. The second-order valence-corrected chi connectivity index (χ2v) is 7.06. The van der Waals surface area contributed by atoms with E-state index in [1.165, 1.54) is 4.90 Å². The second kappa shape index (κ2) is 9.23. The minimum Gasteiger partial charge on any atom is -0.367 e. The van der Waals surface area contributed by atoms with Crippen molar-refractivity contribution in [2.45, 2.75) is 6.61 Å². The number of rotatable bonds is 6. The number of nitrogens with zero attached hydrogens (tertiary/aromatic N) is 1. The van der Waals surface area contributed by atoms with Gasteiger partial charge in [-0.1, -0.05) is 42.5 Å². The lowest BCUT2D eigenvalue weighted by Crippen LogP contribution is -2.42. The summed E-state index contributed by atoms with van der Waals surface area (Å²) in [4.78, 5) is 38.4. The van der Waals surface area contributed by atoms with Crippen molar-refractivity contribution in [1.82, 2.24) is 0 Å². The number of benzene rings is 3. The fourth-order valence-corrected chi connectivity index (χ4v) is 3.30. The maximum absolute atomic E-state index is 13.0.